The van der Waals surface area contributed by atoms with E-state index in [1.165, 1.54) is 35.1 Å². The topological polar surface area (TPSA) is 126 Å². The highest BCUT2D eigenvalue weighted by Gasteiger charge is 2.35. The van der Waals surface area contributed by atoms with E-state index in [-0.39, 0.29) is 23.4 Å². The van der Waals surface area contributed by atoms with E-state index in [4.69, 9.17) is 13.9 Å². The maximum atomic E-state index is 13.8. The van der Waals surface area contributed by atoms with E-state index in [0.717, 1.165) is 0 Å². The molecule has 0 radical (unpaired) electrons. The Balaban J connectivity index is 1.63. The van der Waals surface area contributed by atoms with Gasteiger partial charge in [-0.2, -0.15) is 0 Å². The van der Waals surface area contributed by atoms with Crippen LogP contribution in [0.25, 0.3) is 17.4 Å². The van der Waals surface area contributed by atoms with Crippen molar-refractivity contribution in [1.82, 2.24) is 4.57 Å². The minimum absolute atomic E-state index is 0.0504. The van der Waals surface area contributed by atoms with Crippen molar-refractivity contribution in [2.75, 3.05) is 13.7 Å². The third-order valence-electron chi connectivity index (χ3n) is 6.28. The number of nitro benzene ring substituents is 1. The Morgan fingerprint density at radius 2 is 2.02 bits per heavy atom. The molecule has 0 amide bonds. The molecule has 0 aliphatic carbocycles. The van der Waals surface area contributed by atoms with Gasteiger partial charge in [0.2, 0.25) is 0 Å². The van der Waals surface area contributed by atoms with Crippen LogP contribution < -0.4 is 19.6 Å². The largest absolute Gasteiger partial charge is 0.496 e. The summed E-state index contributed by atoms with van der Waals surface area (Å²) in [6, 6.07) is 14.2. The third-order valence-corrected chi connectivity index (χ3v) is 7.92. The van der Waals surface area contributed by atoms with Crippen molar-refractivity contribution in [1.29, 1.82) is 0 Å². The molecule has 0 N–H and O–H groups in total. The van der Waals surface area contributed by atoms with Gasteiger partial charge >= 0.3 is 5.97 Å². The average molecular weight is 624 g/mol. The second-order valence-electron chi connectivity index (χ2n) is 8.67. The van der Waals surface area contributed by atoms with Crippen molar-refractivity contribution in [2.24, 2.45) is 4.99 Å². The number of hydrogen-bond donors (Lipinski definition) is 0. The number of halogens is 1. The Morgan fingerprint density at radius 3 is 2.73 bits per heavy atom. The summed E-state index contributed by atoms with van der Waals surface area (Å²) in [4.78, 5) is 42.5. The van der Waals surface area contributed by atoms with Crippen LogP contribution in [-0.2, 0) is 9.53 Å². The van der Waals surface area contributed by atoms with E-state index in [9.17, 15) is 19.7 Å². The second kappa shape index (κ2) is 11.1. The summed E-state index contributed by atoms with van der Waals surface area (Å²) in [6.07, 6.45) is 1.61. The normalized spacial score (nSPS) is 15.0. The Kier molecular flexibility index (Phi) is 7.55. The zero-order valence-electron chi connectivity index (χ0n) is 21.5. The Labute approximate surface area is 239 Å². The highest BCUT2D eigenvalue weighted by molar-refractivity contribution is 9.10. The molecular weight excluding hydrogens is 602 g/mol. The standard InChI is InChI=1S/C28H22BrN3O7S/c1-4-38-27(34)24-15(2)30-28-31(25(24)19-7-5-6-8-21(19)37-3)26(33)23(40-28)14-17-10-12-22(39-17)18-11-9-16(32(35)36)13-20(18)29/h5-14,25H,4H2,1-3H3/b23-14+/t25-/m0/s1. The second-order valence-corrected chi connectivity index (χ2v) is 10.5. The predicted octanol–water partition coefficient (Wildman–Crippen LogP) is 4.74. The number of furan rings is 1. The van der Waals surface area contributed by atoms with Gasteiger partial charge in [-0.15, -0.1) is 0 Å². The first kappa shape index (κ1) is 27.3. The van der Waals surface area contributed by atoms with Gasteiger partial charge in [0.25, 0.3) is 11.2 Å². The average Bonchev–Trinajstić information content (AvgIpc) is 3.51. The van der Waals surface area contributed by atoms with Gasteiger partial charge in [0.05, 0.1) is 34.4 Å². The van der Waals surface area contributed by atoms with Gasteiger partial charge in [-0.1, -0.05) is 29.5 Å². The first-order chi connectivity index (χ1) is 19.2. The molecule has 0 spiro atoms. The summed E-state index contributed by atoms with van der Waals surface area (Å²) in [7, 11) is 1.53. The summed E-state index contributed by atoms with van der Waals surface area (Å²) in [6.45, 7) is 3.60. The number of thiazole rings is 1. The first-order valence-corrected chi connectivity index (χ1v) is 13.7. The van der Waals surface area contributed by atoms with Crippen molar-refractivity contribution >= 4 is 45.0 Å². The fourth-order valence-electron chi connectivity index (χ4n) is 4.50. The first-order valence-electron chi connectivity index (χ1n) is 12.1. The summed E-state index contributed by atoms with van der Waals surface area (Å²) in [5.41, 5.74) is 1.55. The number of benzene rings is 2. The SMILES string of the molecule is CCOC(=O)C1=C(C)N=c2s/c(=C/c3ccc(-c4ccc([N+](=O)[O-])cc4Br)o3)c(=O)n2[C@H]1c1ccccc1OC. The van der Waals surface area contributed by atoms with E-state index in [0.29, 0.717) is 47.9 Å². The summed E-state index contributed by atoms with van der Waals surface area (Å²) < 4.78 is 19.2. The van der Waals surface area contributed by atoms with Crippen LogP contribution in [0.2, 0.25) is 0 Å². The summed E-state index contributed by atoms with van der Waals surface area (Å²) >= 11 is 4.53. The predicted molar refractivity (Wildman–Crippen MR) is 152 cm³/mol. The van der Waals surface area contributed by atoms with Crippen LogP contribution in [0.5, 0.6) is 5.75 Å². The molecule has 40 heavy (non-hydrogen) atoms. The summed E-state index contributed by atoms with van der Waals surface area (Å²) in [5.74, 6) is 0.829. The molecule has 0 fully saturated rings. The molecule has 0 saturated heterocycles. The number of carbonyl (C=O) groups excluding carboxylic acids is 1. The van der Waals surface area contributed by atoms with Gasteiger partial charge in [0, 0.05) is 33.8 Å². The maximum absolute atomic E-state index is 13.8. The van der Waals surface area contributed by atoms with Crippen LogP contribution in [0.15, 0.2) is 84.5 Å². The van der Waals surface area contributed by atoms with Gasteiger partial charge in [0.1, 0.15) is 23.3 Å². The molecule has 2 aromatic heterocycles. The highest BCUT2D eigenvalue weighted by atomic mass is 79.9. The number of rotatable bonds is 7. The molecule has 2 aromatic carbocycles. The highest BCUT2D eigenvalue weighted by Crippen LogP contribution is 2.36. The van der Waals surface area contributed by atoms with Crippen molar-refractivity contribution < 1.29 is 23.6 Å². The van der Waals surface area contributed by atoms with Crippen LogP contribution in [0, 0.1) is 10.1 Å². The van der Waals surface area contributed by atoms with Crippen LogP contribution in [-0.4, -0.2) is 29.2 Å². The smallest absolute Gasteiger partial charge is 0.338 e. The number of carbonyl (C=O) groups is 1. The van der Waals surface area contributed by atoms with Gasteiger partial charge in [-0.05, 0) is 54.0 Å². The molecular formula is C28H22BrN3O7S. The van der Waals surface area contributed by atoms with E-state index in [1.807, 2.05) is 12.1 Å². The Hall–Kier alpha value is -4.29. The number of ether oxygens (including phenoxy) is 2. The lowest BCUT2D eigenvalue weighted by molar-refractivity contribution is -0.384. The lowest BCUT2D eigenvalue weighted by Crippen LogP contribution is -2.40. The number of aromatic nitrogens is 1. The van der Waals surface area contributed by atoms with Gasteiger partial charge in [0.15, 0.2) is 4.80 Å². The molecule has 3 heterocycles. The quantitative estimate of drug-likeness (QED) is 0.165. The van der Waals surface area contributed by atoms with E-state index in [1.54, 1.807) is 50.3 Å². The number of para-hydroxylation sites is 1. The molecule has 12 heteroatoms. The van der Waals surface area contributed by atoms with E-state index >= 15 is 0 Å². The number of non-ortho nitro benzene ring substituents is 1. The van der Waals surface area contributed by atoms with E-state index < -0.39 is 16.9 Å². The lowest BCUT2D eigenvalue weighted by Gasteiger charge is -2.25. The molecule has 204 valence electrons. The monoisotopic (exact) mass is 623 g/mol. The van der Waals surface area contributed by atoms with Crippen LogP contribution in [0.4, 0.5) is 5.69 Å². The molecule has 1 aliphatic heterocycles. The van der Waals surface area contributed by atoms with Crippen LogP contribution >= 0.6 is 27.3 Å². The number of nitrogens with zero attached hydrogens (tertiary/aromatic N) is 3. The van der Waals surface area contributed by atoms with Crippen LogP contribution in [0.3, 0.4) is 0 Å². The molecule has 10 nitrogen and oxygen atoms in total. The zero-order valence-corrected chi connectivity index (χ0v) is 23.9. The summed E-state index contributed by atoms with van der Waals surface area (Å²) in [5, 5.41) is 11.1. The third kappa shape index (κ3) is 4.91. The minimum Gasteiger partial charge on any atom is -0.496 e. The zero-order chi connectivity index (χ0) is 28.6. The Morgan fingerprint density at radius 1 is 1.25 bits per heavy atom. The van der Waals surface area contributed by atoms with Crippen LogP contribution in [0.1, 0.15) is 31.2 Å². The number of esters is 1. The molecule has 5 rings (SSSR count). The molecule has 4 aromatic rings. The van der Waals surface area contributed by atoms with Gasteiger partial charge in [-0.3, -0.25) is 19.5 Å². The molecule has 1 atom stereocenters. The Bertz CT molecular complexity index is 1870. The van der Waals surface area contributed by atoms with Crippen molar-refractivity contribution in [3.05, 3.63) is 111 Å². The number of fused-ring (bicyclic) bond motifs is 1. The van der Waals surface area contributed by atoms with Crippen molar-refractivity contribution in [3.63, 3.8) is 0 Å². The fraction of sp³-hybridized carbons (Fsp3) is 0.179. The fourth-order valence-corrected chi connectivity index (χ4v) is 6.09. The minimum atomic E-state index is -0.808. The molecule has 1 aliphatic rings. The van der Waals surface area contributed by atoms with E-state index in [2.05, 4.69) is 20.9 Å². The van der Waals surface area contributed by atoms with Gasteiger partial charge < -0.3 is 13.9 Å². The molecule has 0 saturated carbocycles. The number of methoxy groups -OCH3 is 1. The number of nitro groups is 1. The lowest BCUT2D eigenvalue weighted by atomic mass is 9.95. The molecule has 0 unspecified atom stereocenters. The van der Waals surface area contributed by atoms with Crippen molar-refractivity contribution in [3.8, 4) is 17.1 Å². The van der Waals surface area contributed by atoms with Gasteiger partial charge in [-0.25, -0.2) is 9.79 Å². The van der Waals surface area contributed by atoms with Crippen molar-refractivity contribution in [2.45, 2.75) is 19.9 Å². The number of hydrogen-bond acceptors (Lipinski definition) is 9. The number of allylic oxidation sites excluding steroid dienone is 1. The maximum Gasteiger partial charge on any atom is 0.338 e. The molecule has 0 bridgehead atoms.